The predicted octanol–water partition coefficient (Wildman–Crippen LogP) is 1.72. The van der Waals surface area contributed by atoms with Gasteiger partial charge in [0.15, 0.2) is 0 Å². The van der Waals surface area contributed by atoms with Gasteiger partial charge in [-0.25, -0.2) is 14.6 Å². The van der Waals surface area contributed by atoms with Gasteiger partial charge in [0.1, 0.15) is 23.5 Å². The molecular weight excluding hydrogens is 390 g/mol. The molecule has 0 aliphatic heterocycles. The van der Waals surface area contributed by atoms with Crippen LogP contribution in [-0.4, -0.2) is 55.0 Å². The summed E-state index contributed by atoms with van der Waals surface area (Å²) in [6.45, 7) is 7.67. The Morgan fingerprint density at radius 1 is 0.800 bits per heavy atom. The third kappa shape index (κ3) is 7.81. The molecule has 0 saturated carbocycles. The molecule has 1 rings (SSSR count). The van der Waals surface area contributed by atoms with E-state index < -0.39 is 35.8 Å². The smallest absolute Gasteiger partial charge is 0.328 e. The number of rotatable bonds is 10. The molecule has 0 spiro atoms. The molecule has 9 heteroatoms. The van der Waals surface area contributed by atoms with Gasteiger partial charge in [-0.2, -0.15) is 0 Å². The third-order valence-corrected chi connectivity index (χ3v) is 4.21. The zero-order valence-corrected chi connectivity index (χ0v) is 18.4. The van der Waals surface area contributed by atoms with Crippen molar-refractivity contribution in [1.82, 2.24) is 15.6 Å². The first-order chi connectivity index (χ1) is 14.1. The minimum atomic E-state index is -0.823. The molecule has 1 aromatic heterocycles. The molecule has 30 heavy (non-hydrogen) atoms. The molecule has 1 aromatic rings. The number of aromatic nitrogens is 1. The number of ether oxygens (including phenoxy) is 2. The lowest BCUT2D eigenvalue weighted by Crippen LogP contribution is -2.43. The Morgan fingerprint density at radius 3 is 1.47 bits per heavy atom. The van der Waals surface area contributed by atoms with Crippen molar-refractivity contribution in [2.75, 3.05) is 14.2 Å². The highest BCUT2D eigenvalue weighted by atomic mass is 16.5. The fraction of sp³-hybridized carbons (Fsp3) is 0.571. The molecule has 9 nitrogen and oxygen atoms in total. The quantitative estimate of drug-likeness (QED) is 0.551. The minimum absolute atomic E-state index is 0.0289. The number of carbonyl (C=O) groups is 4. The van der Waals surface area contributed by atoms with Crippen LogP contribution in [0, 0.1) is 11.8 Å². The van der Waals surface area contributed by atoms with Gasteiger partial charge in [-0.1, -0.05) is 33.8 Å². The summed E-state index contributed by atoms with van der Waals surface area (Å²) < 4.78 is 9.48. The zero-order chi connectivity index (χ0) is 22.8. The van der Waals surface area contributed by atoms with Crippen LogP contribution < -0.4 is 10.6 Å². The minimum Gasteiger partial charge on any atom is -0.467 e. The lowest BCUT2D eigenvalue weighted by Gasteiger charge is -2.19. The Kier molecular flexibility index (Phi) is 9.94. The van der Waals surface area contributed by atoms with Crippen molar-refractivity contribution < 1.29 is 28.7 Å². The second-order valence-corrected chi connectivity index (χ2v) is 7.77. The normalized spacial score (nSPS) is 12.8. The van der Waals surface area contributed by atoms with Crippen molar-refractivity contribution in [3.8, 4) is 0 Å². The van der Waals surface area contributed by atoms with Crippen molar-refractivity contribution in [1.29, 1.82) is 0 Å². The van der Waals surface area contributed by atoms with E-state index in [4.69, 9.17) is 9.47 Å². The molecular formula is C21H31N3O6. The highest BCUT2D eigenvalue weighted by molar-refractivity contribution is 5.98. The Labute approximate surface area is 176 Å². The van der Waals surface area contributed by atoms with Gasteiger partial charge in [-0.3, -0.25) is 9.59 Å². The number of nitrogens with zero attached hydrogens (tertiary/aromatic N) is 1. The molecule has 0 aliphatic rings. The molecule has 2 N–H and O–H groups in total. The summed E-state index contributed by atoms with van der Waals surface area (Å²) in [5.74, 6) is -2.02. The fourth-order valence-corrected chi connectivity index (χ4v) is 2.81. The number of nitrogens with one attached hydrogen (secondary N) is 2. The lowest BCUT2D eigenvalue weighted by molar-refractivity contribution is -0.144. The molecule has 1 heterocycles. The van der Waals surface area contributed by atoms with Crippen LogP contribution in [0.2, 0.25) is 0 Å². The van der Waals surface area contributed by atoms with Crippen molar-refractivity contribution in [2.45, 2.75) is 52.6 Å². The lowest BCUT2D eigenvalue weighted by atomic mass is 10.0. The van der Waals surface area contributed by atoms with E-state index in [-0.39, 0.29) is 23.2 Å². The molecule has 2 atom stereocenters. The summed E-state index contributed by atoms with van der Waals surface area (Å²) in [6.07, 6.45) is 0.795. The maximum Gasteiger partial charge on any atom is 0.328 e. The van der Waals surface area contributed by atoms with Crippen molar-refractivity contribution >= 4 is 23.8 Å². The van der Waals surface area contributed by atoms with Gasteiger partial charge < -0.3 is 20.1 Å². The number of hydrogen-bond acceptors (Lipinski definition) is 7. The molecule has 0 saturated heterocycles. The summed E-state index contributed by atoms with van der Waals surface area (Å²) >= 11 is 0. The number of esters is 2. The predicted molar refractivity (Wildman–Crippen MR) is 110 cm³/mol. The van der Waals surface area contributed by atoms with Crippen LogP contribution in [0.25, 0.3) is 0 Å². The van der Waals surface area contributed by atoms with Crippen LogP contribution in [0.15, 0.2) is 18.2 Å². The largest absolute Gasteiger partial charge is 0.467 e. The SMILES string of the molecule is COC(=O)C(CC(C)C)NC(=O)c1cccc(C(=O)NC(CC(C)C)C(=O)OC)n1. The van der Waals surface area contributed by atoms with Crippen LogP contribution >= 0.6 is 0 Å². The molecule has 0 aromatic carbocycles. The first kappa shape index (κ1) is 25.1. The average Bonchev–Trinajstić information content (AvgIpc) is 2.70. The molecule has 2 amide bonds. The highest BCUT2D eigenvalue weighted by Gasteiger charge is 2.26. The second-order valence-electron chi connectivity index (χ2n) is 7.77. The topological polar surface area (TPSA) is 124 Å². The maximum atomic E-state index is 12.6. The zero-order valence-electron chi connectivity index (χ0n) is 18.4. The first-order valence-electron chi connectivity index (χ1n) is 9.83. The van der Waals surface area contributed by atoms with E-state index >= 15 is 0 Å². The van der Waals surface area contributed by atoms with Crippen molar-refractivity contribution in [3.05, 3.63) is 29.6 Å². The Balaban J connectivity index is 2.97. The third-order valence-electron chi connectivity index (χ3n) is 4.21. The van der Waals surface area contributed by atoms with Gasteiger partial charge in [0.2, 0.25) is 0 Å². The summed E-state index contributed by atoms with van der Waals surface area (Å²) in [4.78, 5) is 53.1. The summed E-state index contributed by atoms with van der Waals surface area (Å²) in [7, 11) is 2.50. The Morgan fingerprint density at radius 2 is 1.17 bits per heavy atom. The van der Waals surface area contributed by atoms with E-state index in [1.165, 1.54) is 32.4 Å². The van der Waals surface area contributed by atoms with E-state index in [0.29, 0.717) is 12.8 Å². The maximum absolute atomic E-state index is 12.6. The monoisotopic (exact) mass is 421 g/mol. The molecule has 0 aliphatic carbocycles. The van der Waals surface area contributed by atoms with E-state index in [0.717, 1.165) is 0 Å². The summed E-state index contributed by atoms with van der Waals surface area (Å²) in [6, 6.07) is 2.72. The molecule has 2 unspecified atom stereocenters. The number of pyridine rings is 1. The highest BCUT2D eigenvalue weighted by Crippen LogP contribution is 2.10. The Hall–Kier alpha value is -2.97. The van der Waals surface area contributed by atoms with Crippen LogP contribution in [0.1, 0.15) is 61.5 Å². The van der Waals surface area contributed by atoms with Crippen LogP contribution in [0.4, 0.5) is 0 Å². The molecule has 0 bridgehead atoms. The van der Waals surface area contributed by atoms with Crippen molar-refractivity contribution in [2.24, 2.45) is 11.8 Å². The van der Waals surface area contributed by atoms with E-state index in [1.54, 1.807) is 0 Å². The van der Waals surface area contributed by atoms with Crippen LogP contribution in [-0.2, 0) is 19.1 Å². The van der Waals surface area contributed by atoms with E-state index in [2.05, 4.69) is 15.6 Å². The standard InChI is InChI=1S/C21H31N3O6/c1-12(2)10-16(20(27)29-5)23-18(25)14-8-7-9-15(22-14)19(26)24-17(11-13(3)4)21(28)30-6/h7-9,12-13,16-17H,10-11H2,1-6H3,(H,23,25)(H,24,26). The average molecular weight is 421 g/mol. The molecule has 0 fully saturated rings. The second kappa shape index (κ2) is 11.9. The number of carbonyl (C=O) groups excluding carboxylic acids is 4. The summed E-state index contributed by atoms with van der Waals surface area (Å²) in [5, 5.41) is 5.19. The number of hydrogen-bond donors (Lipinski definition) is 2. The van der Waals surface area contributed by atoms with Gasteiger partial charge in [0.05, 0.1) is 14.2 Å². The van der Waals surface area contributed by atoms with Crippen LogP contribution in [0.5, 0.6) is 0 Å². The Bertz CT molecular complexity index is 704. The van der Waals surface area contributed by atoms with Crippen LogP contribution in [0.3, 0.4) is 0 Å². The van der Waals surface area contributed by atoms with E-state index in [9.17, 15) is 19.2 Å². The number of amides is 2. The van der Waals surface area contributed by atoms with Gasteiger partial charge >= 0.3 is 11.9 Å². The van der Waals surface area contributed by atoms with Gasteiger partial charge in [-0.15, -0.1) is 0 Å². The number of methoxy groups -OCH3 is 2. The molecule has 166 valence electrons. The fourth-order valence-electron chi connectivity index (χ4n) is 2.81. The summed E-state index contributed by atoms with van der Waals surface area (Å²) in [5.41, 5.74) is -0.0578. The molecule has 0 radical (unpaired) electrons. The van der Waals surface area contributed by atoms with Gasteiger partial charge in [-0.05, 0) is 36.8 Å². The van der Waals surface area contributed by atoms with E-state index in [1.807, 2.05) is 27.7 Å². The van der Waals surface area contributed by atoms with Gasteiger partial charge in [0, 0.05) is 0 Å². The first-order valence-corrected chi connectivity index (χ1v) is 9.83. The van der Waals surface area contributed by atoms with Crippen molar-refractivity contribution in [3.63, 3.8) is 0 Å². The van der Waals surface area contributed by atoms with Gasteiger partial charge in [0.25, 0.3) is 11.8 Å².